The van der Waals surface area contributed by atoms with Gasteiger partial charge in [0, 0.05) is 25.0 Å². The molecule has 2 aromatic heterocycles. The third-order valence-corrected chi connectivity index (χ3v) is 2.78. The van der Waals surface area contributed by atoms with Crippen LogP contribution in [0.15, 0.2) is 31.0 Å². The van der Waals surface area contributed by atoms with E-state index in [1.807, 2.05) is 17.7 Å². The zero-order chi connectivity index (χ0) is 14.5. The lowest BCUT2D eigenvalue weighted by atomic mass is 10.2. The summed E-state index contributed by atoms with van der Waals surface area (Å²) in [5.41, 5.74) is 6.30. The summed E-state index contributed by atoms with van der Waals surface area (Å²) < 4.78 is 6.63. The van der Waals surface area contributed by atoms with Crippen LogP contribution in [0.2, 0.25) is 0 Å². The Hall–Kier alpha value is -2.57. The highest BCUT2D eigenvalue weighted by Crippen LogP contribution is 2.16. The Kier molecular flexibility index (Phi) is 4.19. The normalized spacial score (nSPS) is 11.9. The number of ether oxygens (including phenoxy) is 1. The van der Waals surface area contributed by atoms with Gasteiger partial charge in [-0.2, -0.15) is 0 Å². The van der Waals surface area contributed by atoms with Crippen molar-refractivity contribution in [2.45, 2.75) is 19.5 Å². The van der Waals surface area contributed by atoms with Crippen molar-refractivity contribution in [1.82, 2.24) is 14.5 Å². The van der Waals surface area contributed by atoms with E-state index in [0.717, 1.165) is 6.54 Å². The van der Waals surface area contributed by atoms with Gasteiger partial charge >= 0.3 is 5.97 Å². The fourth-order valence-corrected chi connectivity index (χ4v) is 1.84. The fourth-order valence-electron chi connectivity index (χ4n) is 1.84. The van der Waals surface area contributed by atoms with E-state index in [1.165, 1.54) is 13.3 Å². The van der Waals surface area contributed by atoms with Crippen molar-refractivity contribution in [2.75, 3.05) is 18.2 Å². The number of nitrogens with two attached hydrogens (primary N) is 1. The summed E-state index contributed by atoms with van der Waals surface area (Å²) in [6.07, 6.45) is 6.80. The average Bonchev–Trinajstić information content (AvgIpc) is 2.92. The Morgan fingerprint density at radius 2 is 2.40 bits per heavy atom. The van der Waals surface area contributed by atoms with Crippen molar-refractivity contribution in [3.05, 3.63) is 36.5 Å². The number of hydrogen-bond acceptors (Lipinski definition) is 6. The van der Waals surface area contributed by atoms with E-state index < -0.39 is 5.97 Å². The number of rotatable bonds is 5. The summed E-state index contributed by atoms with van der Waals surface area (Å²) in [5.74, 6) is 0.0995. The fraction of sp³-hybridized carbons (Fsp3) is 0.308. The molecule has 106 valence electrons. The predicted molar refractivity (Wildman–Crippen MR) is 75.3 cm³/mol. The van der Waals surface area contributed by atoms with Gasteiger partial charge in [-0.25, -0.2) is 14.8 Å². The topological polar surface area (TPSA) is 95.1 Å². The van der Waals surface area contributed by atoms with Crippen molar-refractivity contribution in [2.24, 2.45) is 0 Å². The first kappa shape index (κ1) is 13.9. The molecule has 2 heterocycles. The monoisotopic (exact) mass is 275 g/mol. The van der Waals surface area contributed by atoms with Gasteiger partial charge in [-0.15, -0.1) is 0 Å². The number of anilines is 2. The zero-order valence-corrected chi connectivity index (χ0v) is 11.4. The number of nitrogen functional groups attached to an aromatic ring is 1. The van der Waals surface area contributed by atoms with E-state index in [0.29, 0.717) is 17.1 Å². The molecule has 0 spiro atoms. The molecule has 0 aliphatic carbocycles. The van der Waals surface area contributed by atoms with Crippen LogP contribution in [-0.4, -0.2) is 33.7 Å². The lowest BCUT2D eigenvalue weighted by Crippen LogP contribution is -2.22. The summed E-state index contributed by atoms with van der Waals surface area (Å²) >= 11 is 0. The maximum absolute atomic E-state index is 11.6. The number of pyridine rings is 1. The Morgan fingerprint density at radius 1 is 1.60 bits per heavy atom. The van der Waals surface area contributed by atoms with Gasteiger partial charge in [-0.1, -0.05) is 0 Å². The third-order valence-electron chi connectivity index (χ3n) is 2.78. The van der Waals surface area contributed by atoms with Crippen LogP contribution in [0, 0.1) is 0 Å². The van der Waals surface area contributed by atoms with Gasteiger partial charge in [0.15, 0.2) is 0 Å². The Morgan fingerprint density at radius 3 is 3.05 bits per heavy atom. The molecular formula is C13H17N5O2. The maximum Gasteiger partial charge on any atom is 0.340 e. The van der Waals surface area contributed by atoms with E-state index >= 15 is 0 Å². The highest BCUT2D eigenvalue weighted by Gasteiger charge is 2.12. The first-order chi connectivity index (χ1) is 9.60. The van der Waals surface area contributed by atoms with Crippen molar-refractivity contribution in [3.8, 4) is 0 Å². The molecule has 20 heavy (non-hydrogen) atoms. The number of methoxy groups -OCH3 is 1. The minimum atomic E-state index is -0.477. The van der Waals surface area contributed by atoms with Crippen LogP contribution < -0.4 is 11.1 Å². The molecular weight excluding hydrogens is 258 g/mol. The van der Waals surface area contributed by atoms with Gasteiger partial charge in [0.05, 0.1) is 30.9 Å². The van der Waals surface area contributed by atoms with E-state index in [-0.39, 0.29) is 6.04 Å². The molecule has 1 unspecified atom stereocenters. The Labute approximate surface area is 116 Å². The molecule has 0 saturated carbocycles. The number of esters is 1. The van der Waals surface area contributed by atoms with E-state index in [4.69, 9.17) is 5.73 Å². The summed E-state index contributed by atoms with van der Waals surface area (Å²) in [4.78, 5) is 19.7. The number of hydrogen-bond donors (Lipinski definition) is 2. The van der Waals surface area contributed by atoms with Crippen molar-refractivity contribution in [1.29, 1.82) is 0 Å². The molecule has 2 aromatic rings. The molecule has 0 aromatic carbocycles. The van der Waals surface area contributed by atoms with Crippen LogP contribution in [0.3, 0.4) is 0 Å². The molecule has 0 amide bonds. The number of nitrogens with zero attached hydrogens (tertiary/aromatic N) is 3. The highest BCUT2D eigenvalue weighted by atomic mass is 16.5. The zero-order valence-electron chi connectivity index (χ0n) is 11.4. The number of imidazole rings is 1. The Bertz CT molecular complexity index is 582. The quantitative estimate of drug-likeness (QED) is 0.795. The second-order valence-electron chi connectivity index (χ2n) is 4.45. The molecule has 0 fully saturated rings. The SMILES string of the molecule is COC(=O)c1cc(NC(C)Cn2ccnc2)ncc1N. The lowest BCUT2D eigenvalue weighted by Gasteiger charge is -2.15. The van der Waals surface area contributed by atoms with Gasteiger partial charge in [0.25, 0.3) is 0 Å². The minimum absolute atomic E-state index is 0.117. The standard InChI is InChI=1S/C13H17N5O2/c1-9(7-18-4-3-15-8-18)17-12-5-10(13(19)20-2)11(14)6-16-12/h3-6,8-9H,7,14H2,1-2H3,(H,16,17). The Balaban J connectivity index is 2.07. The number of carbonyl (C=O) groups is 1. The predicted octanol–water partition coefficient (Wildman–Crippen LogP) is 1.15. The largest absolute Gasteiger partial charge is 0.465 e. The molecule has 1 atom stereocenters. The molecule has 0 radical (unpaired) electrons. The second-order valence-corrected chi connectivity index (χ2v) is 4.45. The highest BCUT2D eigenvalue weighted by molar-refractivity contribution is 5.95. The number of carbonyl (C=O) groups excluding carboxylic acids is 1. The molecule has 7 heteroatoms. The van der Waals surface area contributed by atoms with Crippen LogP contribution in [0.25, 0.3) is 0 Å². The van der Waals surface area contributed by atoms with E-state index in [1.54, 1.807) is 18.6 Å². The molecule has 0 aliphatic rings. The number of nitrogens with one attached hydrogen (secondary N) is 1. The van der Waals surface area contributed by atoms with Crippen molar-refractivity contribution >= 4 is 17.5 Å². The molecule has 2 rings (SSSR count). The number of aromatic nitrogens is 3. The van der Waals surface area contributed by atoms with Crippen molar-refractivity contribution < 1.29 is 9.53 Å². The summed E-state index contributed by atoms with van der Waals surface area (Å²) in [6.45, 7) is 2.75. The average molecular weight is 275 g/mol. The van der Waals surface area contributed by atoms with Crippen LogP contribution in [0.1, 0.15) is 17.3 Å². The van der Waals surface area contributed by atoms with E-state index in [2.05, 4.69) is 20.0 Å². The van der Waals surface area contributed by atoms with Crippen LogP contribution in [0.5, 0.6) is 0 Å². The molecule has 7 nitrogen and oxygen atoms in total. The van der Waals surface area contributed by atoms with Crippen LogP contribution >= 0.6 is 0 Å². The molecule has 0 aliphatic heterocycles. The second kappa shape index (κ2) is 6.05. The minimum Gasteiger partial charge on any atom is -0.465 e. The summed E-state index contributed by atoms with van der Waals surface area (Å²) in [6, 6.07) is 1.71. The van der Waals surface area contributed by atoms with Gasteiger partial charge in [-0.05, 0) is 13.0 Å². The van der Waals surface area contributed by atoms with Gasteiger partial charge in [0.2, 0.25) is 0 Å². The molecule has 3 N–H and O–H groups in total. The summed E-state index contributed by atoms with van der Waals surface area (Å²) in [7, 11) is 1.32. The lowest BCUT2D eigenvalue weighted by molar-refractivity contribution is 0.0602. The first-order valence-corrected chi connectivity index (χ1v) is 6.16. The maximum atomic E-state index is 11.6. The van der Waals surface area contributed by atoms with Crippen LogP contribution in [-0.2, 0) is 11.3 Å². The van der Waals surface area contributed by atoms with Crippen LogP contribution in [0.4, 0.5) is 11.5 Å². The molecule has 0 saturated heterocycles. The first-order valence-electron chi connectivity index (χ1n) is 6.16. The summed E-state index contributed by atoms with van der Waals surface area (Å²) in [5, 5.41) is 3.20. The van der Waals surface area contributed by atoms with Gasteiger partial charge < -0.3 is 20.4 Å². The molecule has 0 bridgehead atoms. The van der Waals surface area contributed by atoms with Gasteiger partial charge in [0.1, 0.15) is 5.82 Å². The van der Waals surface area contributed by atoms with E-state index in [9.17, 15) is 4.79 Å². The van der Waals surface area contributed by atoms with Crippen molar-refractivity contribution in [3.63, 3.8) is 0 Å². The van der Waals surface area contributed by atoms with Gasteiger partial charge in [-0.3, -0.25) is 0 Å². The third kappa shape index (κ3) is 3.25. The smallest absolute Gasteiger partial charge is 0.340 e.